The van der Waals surface area contributed by atoms with Crippen LogP contribution in [0, 0.1) is 0 Å². The molecule has 0 saturated heterocycles. The molecular weight excluding hydrogens is 240 g/mol. The van der Waals surface area contributed by atoms with Gasteiger partial charge in [-0.15, -0.1) is 0 Å². The molecule has 1 unspecified atom stereocenters. The minimum Gasteiger partial charge on any atom is -0.463 e. The summed E-state index contributed by atoms with van der Waals surface area (Å²) in [7, 11) is 0. The number of nitrogens with zero attached hydrogens (tertiary/aromatic N) is 2. The molecule has 92 valence electrons. The number of benzene rings is 2. The molecule has 0 aliphatic carbocycles. The van der Waals surface area contributed by atoms with Crippen molar-refractivity contribution in [3.05, 3.63) is 65.2 Å². The van der Waals surface area contributed by atoms with Crippen LogP contribution in [-0.4, -0.2) is 17.1 Å². The molecule has 2 aromatic carbocycles. The minimum atomic E-state index is -0.469. The van der Waals surface area contributed by atoms with Crippen LogP contribution in [0.15, 0.2) is 53.6 Å². The van der Waals surface area contributed by atoms with Gasteiger partial charge in [-0.3, -0.25) is 4.79 Å². The zero-order valence-electron chi connectivity index (χ0n) is 9.98. The van der Waals surface area contributed by atoms with E-state index < -0.39 is 6.23 Å². The Morgan fingerprint density at radius 1 is 1.05 bits per heavy atom. The fourth-order valence-electron chi connectivity index (χ4n) is 2.43. The Morgan fingerprint density at radius 3 is 2.79 bits per heavy atom. The molecule has 0 bridgehead atoms. The molecule has 0 saturated carbocycles. The van der Waals surface area contributed by atoms with Crippen LogP contribution in [0.5, 0.6) is 5.75 Å². The van der Waals surface area contributed by atoms with Crippen LogP contribution in [0.1, 0.15) is 27.7 Å². The molecule has 2 aromatic rings. The largest absolute Gasteiger partial charge is 0.463 e. The smallest absolute Gasteiger partial charge is 0.281 e. The summed E-state index contributed by atoms with van der Waals surface area (Å²) < 4.78 is 5.92. The van der Waals surface area contributed by atoms with E-state index >= 15 is 0 Å². The number of carbonyl (C=O) groups excluding carboxylic acids is 1. The van der Waals surface area contributed by atoms with E-state index in [0.717, 1.165) is 11.1 Å². The normalized spacial score (nSPS) is 19.3. The molecule has 0 radical (unpaired) electrons. The summed E-state index contributed by atoms with van der Waals surface area (Å²) in [5, 5.41) is 5.60. The van der Waals surface area contributed by atoms with Crippen molar-refractivity contribution in [2.75, 3.05) is 0 Å². The molecule has 1 atom stereocenters. The Hall–Kier alpha value is -2.62. The standard InChI is InChI=1S/C15H10N2O2/c18-14-12-7-3-4-8-13(12)19-15-11-6-2-1-5-10(11)9-16-17(14)15/h1-9,15H. The van der Waals surface area contributed by atoms with Crippen LogP contribution in [0.3, 0.4) is 0 Å². The molecular formula is C15H10N2O2. The molecule has 0 N–H and O–H groups in total. The molecule has 4 heteroatoms. The Kier molecular flexibility index (Phi) is 2.00. The van der Waals surface area contributed by atoms with Crippen molar-refractivity contribution in [3.8, 4) is 5.75 Å². The first-order valence-electron chi connectivity index (χ1n) is 6.07. The highest BCUT2D eigenvalue weighted by molar-refractivity contribution is 5.99. The topological polar surface area (TPSA) is 41.9 Å². The van der Waals surface area contributed by atoms with Gasteiger partial charge in [0.15, 0.2) is 0 Å². The summed E-state index contributed by atoms with van der Waals surface area (Å²) in [6.07, 6.45) is 1.23. The zero-order valence-corrected chi connectivity index (χ0v) is 9.98. The molecule has 4 rings (SSSR count). The van der Waals surface area contributed by atoms with Gasteiger partial charge >= 0.3 is 0 Å². The molecule has 0 aromatic heterocycles. The average molecular weight is 250 g/mol. The van der Waals surface area contributed by atoms with Crippen molar-refractivity contribution >= 4 is 12.1 Å². The lowest BCUT2D eigenvalue weighted by molar-refractivity contribution is 0.00831. The van der Waals surface area contributed by atoms with E-state index in [4.69, 9.17) is 4.74 Å². The van der Waals surface area contributed by atoms with Gasteiger partial charge in [-0.25, -0.2) is 0 Å². The summed E-state index contributed by atoms with van der Waals surface area (Å²) in [6, 6.07) is 15.0. The monoisotopic (exact) mass is 250 g/mol. The predicted octanol–water partition coefficient (Wildman–Crippen LogP) is 2.57. The van der Waals surface area contributed by atoms with Gasteiger partial charge in [-0.05, 0) is 12.1 Å². The van der Waals surface area contributed by atoms with Crippen molar-refractivity contribution in [3.63, 3.8) is 0 Å². The molecule has 1 amide bonds. The second-order valence-electron chi connectivity index (χ2n) is 4.49. The maximum Gasteiger partial charge on any atom is 0.281 e. The first kappa shape index (κ1) is 10.3. The SMILES string of the molecule is O=C1c2ccccc2OC2c3ccccc3C=NN12. The molecule has 19 heavy (non-hydrogen) atoms. The minimum absolute atomic E-state index is 0.127. The number of carbonyl (C=O) groups is 1. The average Bonchev–Trinajstić information content (AvgIpc) is 2.47. The maximum absolute atomic E-state index is 12.4. The van der Waals surface area contributed by atoms with Crippen LogP contribution in [0.2, 0.25) is 0 Å². The van der Waals surface area contributed by atoms with Crippen LogP contribution in [0.25, 0.3) is 0 Å². The fourth-order valence-corrected chi connectivity index (χ4v) is 2.43. The quantitative estimate of drug-likeness (QED) is 0.721. The Bertz CT molecular complexity index is 709. The summed E-state index contributed by atoms with van der Waals surface area (Å²) in [6.45, 7) is 0. The van der Waals surface area contributed by atoms with Crippen molar-refractivity contribution < 1.29 is 9.53 Å². The molecule has 2 heterocycles. The highest BCUT2D eigenvalue weighted by Crippen LogP contribution is 2.37. The molecule has 2 aliphatic rings. The summed E-state index contributed by atoms with van der Waals surface area (Å²) in [5.74, 6) is 0.484. The molecule has 0 spiro atoms. The first-order valence-corrected chi connectivity index (χ1v) is 6.07. The maximum atomic E-state index is 12.4. The predicted molar refractivity (Wildman–Crippen MR) is 70.0 cm³/mol. The van der Waals surface area contributed by atoms with Gasteiger partial charge in [-0.2, -0.15) is 10.1 Å². The Balaban J connectivity index is 1.89. The van der Waals surface area contributed by atoms with E-state index in [2.05, 4.69) is 5.10 Å². The van der Waals surface area contributed by atoms with Gasteiger partial charge in [0.1, 0.15) is 5.75 Å². The number of hydrogen-bond donors (Lipinski definition) is 0. The third-order valence-corrected chi connectivity index (χ3v) is 3.37. The number of ether oxygens (including phenoxy) is 1. The van der Waals surface area contributed by atoms with E-state index in [1.807, 2.05) is 42.5 Å². The number of para-hydroxylation sites is 1. The van der Waals surface area contributed by atoms with Gasteiger partial charge in [0, 0.05) is 11.1 Å². The van der Waals surface area contributed by atoms with E-state index in [0.29, 0.717) is 11.3 Å². The third kappa shape index (κ3) is 1.40. The lowest BCUT2D eigenvalue weighted by Gasteiger charge is -2.35. The van der Waals surface area contributed by atoms with Crippen LogP contribution < -0.4 is 4.74 Å². The second-order valence-corrected chi connectivity index (χ2v) is 4.49. The molecule has 0 fully saturated rings. The highest BCUT2D eigenvalue weighted by Gasteiger charge is 2.37. The zero-order chi connectivity index (χ0) is 12.8. The third-order valence-electron chi connectivity index (χ3n) is 3.37. The number of fused-ring (bicyclic) bond motifs is 4. The second kappa shape index (κ2) is 3.68. The fraction of sp³-hybridized carbons (Fsp3) is 0.0667. The summed E-state index contributed by atoms with van der Waals surface area (Å²) in [5.41, 5.74) is 2.49. The van der Waals surface area contributed by atoms with Crippen LogP contribution in [0.4, 0.5) is 0 Å². The number of hydrogen-bond acceptors (Lipinski definition) is 3. The van der Waals surface area contributed by atoms with Gasteiger partial charge in [0.25, 0.3) is 5.91 Å². The first-order chi connectivity index (χ1) is 9.34. The van der Waals surface area contributed by atoms with Gasteiger partial charge in [0.2, 0.25) is 6.23 Å². The van der Waals surface area contributed by atoms with Gasteiger partial charge < -0.3 is 4.74 Å². The van der Waals surface area contributed by atoms with Gasteiger partial charge in [-0.1, -0.05) is 36.4 Å². The number of amides is 1. The Morgan fingerprint density at radius 2 is 1.84 bits per heavy atom. The summed E-state index contributed by atoms with van der Waals surface area (Å²) >= 11 is 0. The van der Waals surface area contributed by atoms with E-state index in [-0.39, 0.29) is 5.91 Å². The van der Waals surface area contributed by atoms with E-state index in [1.54, 1.807) is 12.3 Å². The lowest BCUT2D eigenvalue weighted by atomic mass is 10.0. The van der Waals surface area contributed by atoms with Crippen molar-refractivity contribution in [2.24, 2.45) is 5.10 Å². The van der Waals surface area contributed by atoms with Crippen molar-refractivity contribution in [1.29, 1.82) is 0 Å². The Labute approximate surface area is 109 Å². The number of rotatable bonds is 0. The van der Waals surface area contributed by atoms with Crippen molar-refractivity contribution in [1.82, 2.24) is 5.01 Å². The van der Waals surface area contributed by atoms with Crippen LogP contribution >= 0.6 is 0 Å². The lowest BCUT2D eigenvalue weighted by Crippen LogP contribution is -2.40. The van der Waals surface area contributed by atoms with E-state index in [1.165, 1.54) is 5.01 Å². The van der Waals surface area contributed by atoms with Crippen molar-refractivity contribution in [2.45, 2.75) is 6.23 Å². The summed E-state index contributed by atoms with van der Waals surface area (Å²) in [4.78, 5) is 12.4. The highest BCUT2D eigenvalue weighted by atomic mass is 16.5. The number of hydrazone groups is 1. The van der Waals surface area contributed by atoms with E-state index in [9.17, 15) is 4.79 Å². The van der Waals surface area contributed by atoms with Crippen LogP contribution in [-0.2, 0) is 0 Å². The van der Waals surface area contributed by atoms with Gasteiger partial charge in [0.05, 0.1) is 11.8 Å². The molecule has 4 nitrogen and oxygen atoms in total. The molecule has 2 aliphatic heterocycles.